The molecule has 2 rings (SSSR count). The number of benzene rings is 1. The molecule has 1 unspecified atom stereocenters. The second-order valence-corrected chi connectivity index (χ2v) is 6.24. The van der Waals surface area contributed by atoms with Gasteiger partial charge in [0.2, 0.25) is 0 Å². The van der Waals surface area contributed by atoms with Crippen molar-refractivity contribution in [1.82, 2.24) is 4.90 Å². The molecule has 1 aromatic rings. The summed E-state index contributed by atoms with van der Waals surface area (Å²) in [4.78, 5) is 1.91. The Kier molecular flexibility index (Phi) is 5.54. The van der Waals surface area contributed by atoms with Crippen molar-refractivity contribution >= 4 is 15.9 Å². The van der Waals surface area contributed by atoms with E-state index in [4.69, 9.17) is 4.74 Å². The smallest absolute Gasteiger partial charge is 0.393 e. The van der Waals surface area contributed by atoms with Crippen LogP contribution < -0.4 is 4.74 Å². The maximum absolute atomic E-state index is 12.8. The van der Waals surface area contributed by atoms with Gasteiger partial charge >= 0.3 is 6.18 Å². The molecule has 0 aliphatic carbocycles. The van der Waals surface area contributed by atoms with Crippen molar-refractivity contribution in [2.24, 2.45) is 5.92 Å². The summed E-state index contributed by atoms with van der Waals surface area (Å²) >= 11 is 3.47. The van der Waals surface area contributed by atoms with Crippen LogP contribution in [0.3, 0.4) is 0 Å². The summed E-state index contributed by atoms with van der Waals surface area (Å²) in [7, 11) is 1.60. The Morgan fingerprint density at radius 2 is 2.14 bits per heavy atom. The molecule has 1 aliphatic heterocycles. The summed E-state index contributed by atoms with van der Waals surface area (Å²) in [5.74, 6) is -0.417. The predicted octanol–water partition coefficient (Wildman–Crippen LogP) is 4.27. The first-order valence-electron chi connectivity index (χ1n) is 7.01. The molecule has 0 amide bonds. The number of piperidine rings is 1. The Morgan fingerprint density at radius 1 is 1.38 bits per heavy atom. The molecule has 0 bridgehead atoms. The Bertz CT molecular complexity index is 478. The van der Waals surface area contributed by atoms with Crippen LogP contribution in [0.2, 0.25) is 0 Å². The van der Waals surface area contributed by atoms with Crippen molar-refractivity contribution in [3.63, 3.8) is 0 Å². The lowest BCUT2D eigenvalue weighted by atomic mass is 9.97. The summed E-state index contributed by atoms with van der Waals surface area (Å²) < 4.78 is 44.5. The van der Waals surface area contributed by atoms with E-state index in [-0.39, 0.29) is 13.0 Å². The fraction of sp³-hybridized carbons (Fsp3) is 0.600. The number of halogens is 4. The number of hydrogen-bond acceptors (Lipinski definition) is 2. The maximum atomic E-state index is 12.8. The van der Waals surface area contributed by atoms with Crippen molar-refractivity contribution in [1.29, 1.82) is 0 Å². The molecule has 2 nitrogen and oxygen atoms in total. The molecule has 1 fully saturated rings. The third-order valence-electron chi connectivity index (χ3n) is 3.92. The van der Waals surface area contributed by atoms with E-state index in [9.17, 15) is 13.2 Å². The molecular weight excluding hydrogens is 347 g/mol. The van der Waals surface area contributed by atoms with Crippen molar-refractivity contribution in [2.45, 2.75) is 25.4 Å². The molecule has 0 radical (unpaired) electrons. The number of methoxy groups -OCH3 is 1. The number of hydrogen-bond donors (Lipinski definition) is 0. The highest BCUT2D eigenvalue weighted by Crippen LogP contribution is 2.33. The highest BCUT2D eigenvalue weighted by atomic mass is 79.9. The average molecular weight is 366 g/mol. The van der Waals surface area contributed by atoms with Gasteiger partial charge in [-0.3, -0.25) is 0 Å². The van der Waals surface area contributed by atoms with E-state index in [1.165, 1.54) is 0 Å². The summed E-state index contributed by atoms with van der Waals surface area (Å²) in [6.45, 7) is 1.50. The second-order valence-electron chi connectivity index (χ2n) is 5.39. The molecule has 1 atom stereocenters. The SMILES string of the molecule is COc1ccc(Br)c(CCN2CCCC(C(F)(F)F)C2)c1. The lowest BCUT2D eigenvalue weighted by molar-refractivity contribution is -0.186. The lowest BCUT2D eigenvalue weighted by Crippen LogP contribution is -2.42. The predicted molar refractivity (Wildman–Crippen MR) is 79.6 cm³/mol. The third kappa shape index (κ3) is 4.61. The van der Waals surface area contributed by atoms with Gasteiger partial charge in [0.15, 0.2) is 0 Å². The zero-order valence-electron chi connectivity index (χ0n) is 11.9. The van der Waals surface area contributed by atoms with E-state index in [0.717, 1.165) is 22.3 Å². The minimum absolute atomic E-state index is 0.116. The Labute approximate surface area is 131 Å². The molecule has 21 heavy (non-hydrogen) atoms. The van der Waals surface area contributed by atoms with Crippen LogP contribution in [0.25, 0.3) is 0 Å². The van der Waals surface area contributed by atoms with Crippen molar-refractivity contribution in [3.05, 3.63) is 28.2 Å². The zero-order valence-corrected chi connectivity index (χ0v) is 13.5. The fourth-order valence-corrected chi connectivity index (χ4v) is 3.12. The van der Waals surface area contributed by atoms with Gasteiger partial charge in [0, 0.05) is 17.6 Å². The topological polar surface area (TPSA) is 12.5 Å². The summed E-state index contributed by atoms with van der Waals surface area (Å²) in [6, 6.07) is 5.69. The van der Waals surface area contributed by atoms with Gasteiger partial charge in [-0.15, -0.1) is 0 Å². The monoisotopic (exact) mass is 365 g/mol. The van der Waals surface area contributed by atoms with E-state index < -0.39 is 12.1 Å². The van der Waals surface area contributed by atoms with E-state index in [1.807, 2.05) is 23.1 Å². The Hall–Kier alpha value is -0.750. The summed E-state index contributed by atoms with van der Waals surface area (Å²) in [5, 5.41) is 0. The summed E-state index contributed by atoms with van der Waals surface area (Å²) in [5.41, 5.74) is 1.06. The van der Waals surface area contributed by atoms with E-state index in [0.29, 0.717) is 19.4 Å². The van der Waals surface area contributed by atoms with Gasteiger partial charge in [-0.2, -0.15) is 13.2 Å². The van der Waals surface area contributed by atoms with Crippen LogP contribution in [0.1, 0.15) is 18.4 Å². The molecule has 0 N–H and O–H groups in total. The summed E-state index contributed by atoms with van der Waals surface area (Å²) in [6.07, 6.45) is -2.50. The number of likely N-dealkylation sites (tertiary alicyclic amines) is 1. The van der Waals surface area contributed by atoms with Gasteiger partial charge in [-0.1, -0.05) is 15.9 Å². The quantitative estimate of drug-likeness (QED) is 0.789. The normalized spacial score (nSPS) is 20.5. The molecule has 0 spiro atoms. The molecule has 1 saturated heterocycles. The van der Waals surface area contributed by atoms with Gasteiger partial charge in [0.05, 0.1) is 13.0 Å². The highest BCUT2D eigenvalue weighted by molar-refractivity contribution is 9.10. The molecule has 0 saturated carbocycles. The number of ether oxygens (including phenoxy) is 1. The van der Waals surface area contributed by atoms with Crippen LogP contribution in [0.4, 0.5) is 13.2 Å². The lowest BCUT2D eigenvalue weighted by Gasteiger charge is -2.33. The van der Waals surface area contributed by atoms with Gasteiger partial charge in [0.1, 0.15) is 5.75 Å². The zero-order chi connectivity index (χ0) is 15.5. The molecule has 1 aliphatic rings. The van der Waals surface area contributed by atoms with E-state index in [2.05, 4.69) is 15.9 Å². The Morgan fingerprint density at radius 3 is 2.81 bits per heavy atom. The van der Waals surface area contributed by atoms with Crippen molar-refractivity contribution in [3.8, 4) is 5.75 Å². The molecule has 1 heterocycles. The number of nitrogens with zero attached hydrogens (tertiary/aromatic N) is 1. The molecule has 1 aromatic carbocycles. The molecular formula is C15H19BrF3NO. The van der Waals surface area contributed by atoms with Crippen LogP contribution in [0, 0.1) is 5.92 Å². The Balaban J connectivity index is 1.93. The first-order chi connectivity index (χ1) is 9.90. The first kappa shape index (κ1) is 16.6. The largest absolute Gasteiger partial charge is 0.497 e. The number of rotatable bonds is 4. The molecule has 118 valence electrons. The third-order valence-corrected chi connectivity index (χ3v) is 4.69. The minimum atomic E-state index is -4.07. The van der Waals surface area contributed by atoms with E-state index >= 15 is 0 Å². The number of alkyl halides is 3. The average Bonchev–Trinajstić information content (AvgIpc) is 2.46. The maximum Gasteiger partial charge on any atom is 0.393 e. The molecule has 6 heteroatoms. The van der Waals surface area contributed by atoms with Crippen LogP contribution >= 0.6 is 15.9 Å². The van der Waals surface area contributed by atoms with Gasteiger partial charge < -0.3 is 9.64 Å². The van der Waals surface area contributed by atoms with Crippen molar-refractivity contribution < 1.29 is 17.9 Å². The standard InChI is InChI=1S/C15H19BrF3NO/c1-21-13-4-5-14(16)11(9-13)6-8-20-7-2-3-12(10-20)15(17,18)19/h4-5,9,12H,2-3,6-8,10H2,1H3. The highest BCUT2D eigenvalue weighted by Gasteiger charge is 2.41. The van der Waals surface area contributed by atoms with Crippen molar-refractivity contribution in [2.75, 3.05) is 26.7 Å². The van der Waals surface area contributed by atoms with Gasteiger partial charge in [-0.05, 0) is 49.6 Å². The van der Waals surface area contributed by atoms with Crippen LogP contribution in [-0.4, -0.2) is 37.8 Å². The second kappa shape index (κ2) is 7.01. The minimum Gasteiger partial charge on any atom is -0.497 e. The fourth-order valence-electron chi connectivity index (χ4n) is 2.67. The first-order valence-corrected chi connectivity index (χ1v) is 7.81. The van der Waals surface area contributed by atoms with Crippen LogP contribution in [0.15, 0.2) is 22.7 Å². The van der Waals surface area contributed by atoms with Crippen LogP contribution in [-0.2, 0) is 6.42 Å². The van der Waals surface area contributed by atoms with Crippen LogP contribution in [0.5, 0.6) is 5.75 Å². The van der Waals surface area contributed by atoms with Gasteiger partial charge in [0.25, 0.3) is 0 Å². The van der Waals surface area contributed by atoms with E-state index in [1.54, 1.807) is 7.11 Å². The molecule has 0 aromatic heterocycles. The van der Waals surface area contributed by atoms with Gasteiger partial charge in [-0.25, -0.2) is 0 Å².